The molecular weight excluding hydrogens is 725 g/mol. The number of carbonyl (C=O) groups is 1. The number of alkyl halides is 9. The first kappa shape index (κ1) is 39.1. The molecular formula is C25H30F9NO9S3. The molecule has 0 amide bonds. The topological polar surface area (TPSA) is 150 Å². The average molecular weight is 756 g/mol. The van der Waals surface area contributed by atoms with E-state index in [0.717, 1.165) is 44.2 Å². The largest absolute Gasteiger partial charge is 0.512 e. The summed E-state index contributed by atoms with van der Waals surface area (Å²) in [6, 6.07) is 2.47. The minimum absolute atomic E-state index is 0.296. The highest BCUT2D eigenvalue weighted by Gasteiger charge is 2.83. The molecule has 2 fully saturated rings. The van der Waals surface area contributed by atoms with E-state index in [1.807, 2.05) is 0 Å². The molecule has 3 rings (SSSR count). The fraction of sp³-hybridized carbons (Fsp3) is 0.720. The molecule has 2 atom stereocenters. The summed E-state index contributed by atoms with van der Waals surface area (Å²) < 4.78 is 200. The fourth-order valence-electron chi connectivity index (χ4n) is 6.41. The number of benzene rings is 1. The minimum atomic E-state index is -7.92. The second-order valence-corrected chi connectivity index (χ2v) is 17.8. The number of sulfonamides is 2. The van der Waals surface area contributed by atoms with Gasteiger partial charge in [0, 0.05) is 5.41 Å². The Labute approximate surface area is 264 Å². The Balaban J connectivity index is 1.82. The smallest absolute Gasteiger partial charge is 0.455 e. The standard InChI is InChI=1S/C25H30F9NO9S3/c1-14-9-16-10-15(2)12-21(11-14,13-16)20(3,4)43-19(36)17-5-7-18(8-6-17)44-47(41,42)24(30,31)22(26,27)23(28,29)45(37,38)35-46(39,40)25(32,33)34/h5-8,14-16,35H,9-13H2,1-4H3. The molecule has 1 aromatic rings. The van der Waals surface area contributed by atoms with Crippen molar-refractivity contribution < 1.29 is 78.5 Å². The zero-order chi connectivity index (χ0) is 36.4. The van der Waals surface area contributed by atoms with E-state index in [9.17, 15) is 69.6 Å². The number of ether oxygens (including phenoxy) is 1. The van der Waals surface area contributed by atoms with Crippen molar-refractivity contribution in [2.45, 2.75) is 87.3 Å². The molecule has 2 unspecified atom stereocenters. The number of nitrogens with one attached hydrogen (secondary N) is 1. The first-order valence-electron chi connectivity index (χ1n) is 13.6. The van der Waals surface area contributed by atoms with Crippen LogP contribution in [0.1, 0.15) is 70.2 Å². The molecule has 0 spiro atoms. The maximum absolute atomic E-state index is 14.4. The van der Waals surface area contributed by atoms with E-state index in [1.54, 1.807) is 13.8 Å². The highest BCUT2D eigenvalue weighted by atomic mass is 32.3. The quantitative estimate of drug-likeness (QED) is 0.169. The molecule has 10 nitrogen and oxygen atoms in total. The average Bonchev–Trinajstić information content (AvgIpc) is 2.86. The molecule has 0 radical (unpaired) electrons. The van der Waals surface area contributed by atoms with Crippen molar-refractivity contribution in [1.29, 1.82) is 0 Å². The van der Waals surface area contributed by atoms with Crippen molar-refractivity contribution in [3.63, 3.8) is 0 Å². The zero-order valence-electron chi connectivity index (χ0n) is 24.9. The third kappa shape index (κ3) is 6.92. The van der Waals surface area contributed by atoms with Crippen molar-refractivity contribution in [2.75, 3.05) is 0 Å². The maximum Gasteiger partial charge on any atom is 0.512 e. The summed E-state index contributed by atoms with van der Waals surface area (Å²) >= 11 is 0. The summed E-state index contributed by atoms with van der Waals surface area (Å²) in [5.74, 6) is -8.72. The minimum Gasteiger partial charge on any atom is -0.455 e. The van der Waals surface area contributed by atoms with Crippen LogP contribution in [-0.4, -0.2) is 58.8 Å². The van der Waals surface area contributed by atoms with E-state index < -0.39 is 73.6 Å². The van der Waals surface area contributed by atoms with Crippen LogP contribution in [0, 0.1) is 23.2 Å². The summed E-state index contributed by atoms with van der Waals surface area (Å²) in [6.45, 7) is 7.65. The Morgan fingerprint density at radius 1 is 0.766 bits per heavy atom. The first-order chi connectivity index (χ1) is 20.8. The number of rotatable bonds is 11. The highest BCUT2D eigenvalue weighted by Crippen LogP contribution is 2.59. The molecule has 2 aliphatic rings. The van der Waals surface area contributed by atoms with Crippen molar-refractivity contribution in [1.82, 2.24) is 4.13 Å². The third-order valence-electron chi connectivity index (χ3n) is 8.46. The van der Waals surface area contributed by atoms with Crippen LogP contribution in [0.4, 0.5) is 39.5 Å². The molecule has 0 saturated heterocycles. The predicted molar refractivity (Wildman–Crippen MR) is 145 cm³/mol. The zero-order valence-corrected chi connectivity index (χ0v) is 27.3. The lowest BCUT2D eigenvalue weighted by Crippen LogP contribution is -2.64. The molecule has 1 N–H and O–H groups in total. The van der Waals surface area contributed by atoms with Gasteiger partial charge in [-0.1, -0.05) is 18.0 Å². The first-order valence-corrected chi connectivity index (χ1v) is 18.0. The van der Waals surface area contributed by atoms with Gasteiger partial charge in [0.05, 0.1) is 5.56 Å². The third-order valence-corrected chi connectivity index (χ3v) is 13.0. The van der Waals surface area contributed by atoms with Gasteiger partial charge in [-0.3, -0.25) is 0 Å². The van der Waals surface area contributed by atoms with Gasteiger partial charge in [-0.25, -0.2) is 21.6 Å². The van der Waals surface area contributed by atoms with Crippen molar-refractivity contribution in [2.24, 2.45) is 23.2 Å². The van der Waals surface area contributed by atoms with Gasteiger partial charge in [0.2, 0.25) is 0 Å². The molecule has 270 valence electrons. The van der Waals surface area contributed by atoms with Crippen LogP contribution in [0.5, 0.6) is 5.75 Å². The number of fused-ring (bicyclic) bond motifs is 2. The van der Waals surface area contributed by atoms with Crippen LogP contribution in [0.15, 0.2) is 24.3 Å². The van der Waals surface area contributed by atoms with E-state index in [1.165, 1.54) is 0 Å². The summed E-state index contributed by atoms with van der Waals surface area (Å²) in [6.07, 6.45) is 4.39. The predicted octanol–water partition coefficient (Wildman–Crippen LogP) is 5.77. The molecule has 0 aliphatic heterocycles. The van der Waals surface area contributed by atoms with Crippen LogP contribution in [0.2, 0.25) is 0 Å². The normalized spacial score (nSPS) is 25.3. The lowest BCUT2D eigenvalue weighted by Gasteiger charge is -2.56. The monoisotopic (exact) mass is 755 g/mol. The number of hydrogen-bond acceptors (Lipinski definition) is 9. The molecule has 22 heteroatoms. The van der Waals surface area contributed by atoms with Crippen molar-refractivity contribution >= 4 is 36.1 Å². The van der Waals surface area contributed by atoms with Gasteiger partial charge < -0.3 is 8.92 Å². The summed E-state index contributed by atoms with van der Waals surface area (Å²) in [5.41, 5.74) is -8.38. The van der Waals surface area contributed by atoms with E-state index in [4.69, 9.17) is 4.74 Å². The molecule has 2 bridgehead atoms. The SMILES string of the molecule is CC1CC2CC(C)CC(C(C)(C)OC(=O)c3ccc(OS(=O)(=O)C(F)(F)C(F)(F)C(F)(F)S(=O)(=O)NS(=O)(=O)C(F)(F)F)cc3)(C1)C2. The van der Waals surface area contributed by atoms with Gasteiger partial charge in [-0.15, -0.1) is 0 Å². The number of carbonyl (C=O) groups excluding carboxylic acids is 1. The molecule has 1 aromatic carbocycles. The lowest BCUT2D eigenvalue weighted by molar-refractivity contribution is -0.245. The Bertz CT molecular complexity index is 1670. The van der Waals surface area contributed by atoms with Gasteiger partial charge in [-0.2, -0.15) is 47.9 Å². The Kier molecular flexibility index (Phi) is 9.92. The Morgan fingerprint density at radius 2 is 1.23 bits per heavy atom. The molecule has 0 aromatic heterocycles. The number of halogens is 9. The van der Waals surface area contributed by atoms with Crippen LogP contribution >= 0.6 is 0 Å². The number of esters is 1. The summed E-state index contributed by atoms with van der Waals surface area (Å²) in [5, 5.41) is -14.7. The van der Waals surface area contributed by atoms with Crippen LogP contribution in [0.25, 0.3) is 0 Å². The van der Waals surface area contributed by atoms with Gasteiger partial charge in [0.1, 0.15) is 11.4 Å². The fourth-order valence-corrected chi connectivity index (χ4v) is 9.80. The second kappa shape index (κ2) is 11.9. The van der Waals surface area contributed by atoms with Crippen molar-refractivity contribution in [3.8, 4) is 5.75 Å². The van der Waals surface area contributed by atoms with E-state index in [2.05, 4.69) is 18.0 Å². The lowest BCUT2D eigenvalue weighted by atomic mass is 9.51. The number of hydrogen-bond donors (Lipinski definition) is 1. The summed E-state index contributed by atoms with van der Waals surface area (Å²) in [4.78, 5) is 13.0. The molecule has 2 aliphatic carbocycles. The van der Waals surface area contributed by atoms with E-state index in [0.29, 0.717) is 29.9 Å². The van der Waals surface area contributed by atoms with Gasteiger partial charge in [0.15, 0.2) is 0 Å². The van der Waals surface area contributed by atoms with Crippen LogP contribution in [-0.2, 0) is 34.9 Å². The molecule has 47 heavy (non-hydrogen) atoms. The van der Waals surface area contributed by atoms with Crippen LogP contribution < -0.4 is 8.31 Å². The van der Waals surface area contributed by atoms with Crippen LogP contribution in [0.3, 0.4) is 0 Å². The summed E-state index contributed by atoms with van der Waals surface area (Å²) in [7, 11) is -22.6. The van der Waals surface area contributed by atoms with Gasteiger partial charge in [0.25, 0.3) is 10.0 Å². The molecule has 2 saturated carbocycles. The van der Waals surface area contributed by atoms with E-state index >= 15 is 0 Å². The van der Waals surface area contributed by atoms with Gasteiger partial charge >= 0.3 is 48.1 Å². The second-order valence-electron chi connectivity index (χ2n) is 12.5. The van der Waals surface area contributed by atoms with Crippen molar-refractivity contribution in [3.05, 3.63) is 29.8 Å². The molecule has 0 heterocycles. The van der Waals surface area contributed by atoms with Gasteiger partial charge in [-0.05, 0) is 88.0 Å². The highest BCUT2D eigenvalue weighted by molar-refractivity contribution is 8.05. The Hall–Kier alpha value is -2.33. The Morgan fingerprint density at radius 3 is 1.68 bits per heavy atom. The maximum atomic E-state index is 14.4. The van der Waals surface area contributed by atoms with E-state index in [-0.39, 0.29) is 11.0 Å².